The van der Waals surface area contributed by atoms with Gasteiger partial charge in [-0.1, -0.05) is 18.2 Å². The van der Waals surface area contributed by atoms with Crippen molar-refractivity contribution in [1.82, 2.24) is 0 Å². The minimum Gasteiger partial charge on any atom is -0.398 e. The summed E-state index contributed by atoms with van der Waals surface area (Å²) in [7, 11) is 0. The lowest BCUT2D eigenvalue weighted by Gasteiger charge is -2.04. The van der Waals surface area contributed by atoms with E-state index in [4.69, 9.17) is 5.73 Å². The van der Waals surface area contributed by atoms with E-state index in [0.717, 1.165) is 0 Å². The molecular formula is C8H9N3O4. The summed E-state index contributed by atoms with van der Waals surface area (Å²) in [6.07, 6.45) is 0. The molecule has 0 radical (unpaired) electrons. The van der Waals surface area contributed by atoms with E-state index in [1.165, 1.54) is 18.2 Å². The zero-order valence-electron chi connectivity index (χ0n) is 7.75. The van der Waals surface area contributed by atoms with Crippen molar-refractivity contribution in [3.63, 3.8) is 0 Å². The van der Waals surface area contributed by atoms with Crippen molar-refractivity contribution in [3.05, 3.63) is 49.6 Å². The Morgan fingerprint density at radius 3 is 1.80 bits per heavy atom. The second-order valence-corrected chi connectivity index (χ2v) is 2.97. The largest absolute Gasteiger partial charge is 0.398 e. The van der Waals surface area contributed by atoms with Gasteiger partial charge >= 0.3 is 0 Å². The number of nitrogens with two attached hydrogens (primary N) is 1. The molecule has 0 aliphatic heterocycles. The lowest BCUT2D eigenvalue weighted by atomic mass is 10.1. The van der Waals surface area contributed by atoms with E-state index in [-0.39, 0.29) is 5.69 Å². The highest BCUT2D eigenvalue weighted by Crippen LogP contribution is 2.18. The highest BCUT2D eigenvalue weighted by atomic mass is 16.6. The van der Waals surface area contributed by atoms with Crippen molar-refractivity contribution in [2.75, 3.05) is 5.73 Å². The van der Waals surface area contributed by atoms with E-state index in [1.54, 1.807) is 0 Å². The van der Waals surface area contributed by atoms with Crippen LogP contribution in [-0.2, 0) is 13.1 Å². The smallest absolute Gasteiger partial charge is 0.230 e. The second kappa shape index (κ2) is 4.36. The average molecular weight is 211 g/mol. The van der Waals surface area contributed by atoms with E-state index >= 15 is 0 Å². The molecule has 0 atom stereocenters. The summed E-state index contributed by atoms with van der Waals surface area (Å²) in [4.78, 5) is 19.5. The van der Waals surface area contributed by atoms with E-state index in [9.17, 15) is 20.2 Å². The molecule has 2 N–H and O–H groups in total. The van der Waals surface area contributed by atoms with Gasteiger partial charge in [0, 0.05) is 21.0 Å². The van der Waals surface area contributed by atoms with E-state index in [2.05, 4.69) is 0 Å². The highest BCUT2D eigenvalue weighted by Gasteiger charge is 2.12. The lowest BCUT2D eigenvalue weighted by molar-refractivity contribution is -0.498. The molecule has 1 aromatic carbocycles. The molecule has 15 heavy (non-hydrogen) atoms. The summed E-state index contributed by atoms with van der Waals surface area (Å²) in [6, 6.07) is 4.50. The van der Waals surface area contributed by atoms with Crippen LogP contribution in [0.5, 0.6) is 0 Å². The minimum absolute atomic E-state index is 0.130. The minimum atomic E-state index is -0.526. The van der Waals surface area contributed by atoms with Crippen molar-refractivity contribution in [3.8, 4) is 0 Å². The normalized spacial score (nSPS) is 9.87. The molecule has 0 aliphatic rings. The van der Waals surface area contributed by atoms with Gasteiger partial charge in [-0.25, -0.2) is 0 Å². The molecule has 0 spiro atoms. The number of hydrogen-bond acceptors (Lipinski definition) is 5. The first-order chi connectivity index (χ1) is 7.00. The van der Waals surface area contributed by atoms with Crippen LogP contribution in [0.15, 0.2) is 18.2 Å². The van der Waals surface area contributed by atoms with Crippen LogP contribution in [0.1, 0.15) is 11.1 Å². The quantitative estimate of drug-likeness (QED) is 0.450. The van der Waals surface area contributed by atoms with Crippen LogP contribution in [0.3, 0.4) is 0 Å². The molecule has 0 aliphatic carbocycles. The van der Waals surface area contributed by atoms with Gasteiger partial charge in [-0.15, -0.1) is 0 Å². The third kappa shape index (κ3) is 2.90. The average Bonchev–Trinajstić information content (AvgIpc) is 2.10. The molecule has 0 saturated heterocycles. The monoisotopic (exact) mass is 211 g/mol. The van der Waals surface area contributed by atoms with Gasteiger partial charge in [0.15, 0.2) is 0 Å². The van der Waals surface area contributed by atoms with Gasteiger partial charge in [-0.2, -0.15) is 0 Å². The first-order valence-corrected chi connectivity index (χ1v) is 4.10. The summed E-state index contributed by atoms with van der Waals surface area (Å²) in [5, 5.41) is 20.5. The zero-order chi connectivity index (χ0) is 11.4. The van der Waals surface area contributed by atoms with Crippen molar-refractivity contribution in [1.29, 1.82) is 0 Å². The van der Waals surface area contributed by atoms with E-state index in [0.29, 0.717) is 11.1 Å². The SMILES string of the molecule is Nc1c(C[N+](=O)[O-])cccc1C[N+](=O)[O-]. The number of anilines is 1. The summed E-state index contributed by atoms with van der Waals surface area (Å²) in [5.74, 6) is 0. The predicted molar refractivity (Wildman–Crippen MR) is 52.3 cm³/mol. The molecular weight excluding hydrogens is 202 g/mol. The molecule has 0 unspecified atom stereocenters. The lowest BCUT2D eigenvalue weighted by Crippen LogP contribution is -2.07. The summed E-state index contributed by atoms with van der Waals surface area (Å²) in [5.41, 5.74) is 6.31. The van der Waals surface area contributed by atoms with Crippen molar-refractivity contribution in [2.24, 2.45) is 0 Å². The molecule has 0 fully saturated rings. The Hall–Kier alpha value is -2.18. The molecule has 0 aromatic heterocycles. The highest BCUT2D eigenvalue weighted by molar-refractivity contribution is 5.53. The van der Waals surface area contributed by atoms with Gasteiger partial charge in [-0.3, -0.25) is 20.2 Å². The van der Waals surface area contributed by atoms with Gasteiger partial charge in [0.1, 0.15) is 0 Å². The molecule has 0 saturated carbocycles. The standard InChI is InChI=1S/C8H9N3O4/c9-8-6(4-10(12)13)2-1-3-7(8)5-11(14)15/h1-3H,4-5,9H2. The number of hydrogen-bond donors (Lipinski definition) is 1. The summed E-state index contributed by atoms with van der Waals surface area (Å²) >= 11 is 0. The molecule has 7 nitrogen and oxygen atoms in total. The molecule has 80 valence electrons. The Kier molecular flexibility index (Phi) is 3.17. The van der Waals surface area contributed by atoms with Crippen LogP contribution in [-0.4, -0.2) is 9.85 Å². The topological polar surface area (TPSA) is 112 Å². The van der Waals surface area contributed by atoms with Gasteiger partial charge < -0.3 is 5.73 Å². The maximum Gasteiger partial charge on any atom is 0.230 e. The van der Waals surface area contributed by atoms with E-state index in [1.807, 2.05) is 0 Å². The number of nitrogens with zero attached hydrogens (tertiary/aromatic N) is 2. The number of para-hydroxylation sites is 1. The van der Waals surface area contributed by atoms with Gasteiger partial charge in [0.2, 0.25) is 13.1 Å². The molecule has 0 bridgehead atoms. The van der Waals surface area contributed by atoms with Gasteiger partial charge in [0.25, 0.3) is 0 Å². The first kappa shape index (κ1) is 10.9. The van der Waals surface area contributed by atoms with Crippen molar-refractivity contribution < 1.29 is 9.85 Å². The van der Waals surface area contributed by atoms with Crippen LogP contribution < -0.4 is 5.73 Å². The molecule has 1 rings (SSSR count). The fourth-order valence-corrected chi connectivity index (χ4v) is 1.22. The Labute approximate surface area is 84.8 Å². The van der Waals surface area contributed by atoms with Gasteiger partial charge in [-0.05, 0) is 0 Å². The Balaban J connectivity index is 2.99. The third-order valence-electron chi connectivity index (χ3n) is 1.89. The Morgan fingerprint density at radius 1 is 1.07 bits per heavy atom. The molecule has 0 heterocycles. The van der Waals surface area contributed by atoms with Crippen molar-refractivity contribution in [2.45, 2.75) is 13.1 Å². The summed E-state index contributed by atoms with van der Waals surface area (Å²) < 4.78 is 0. The molecule has 0 amide bonds. The van der Waals surface area contributed by atoms with Crippen LogP contribution >= 0.6 is 0 Å². The predicted octanol–water partition coefficient (Wildman–Crippen LogP) is 0.822. The maximum absolute atomic E-state index is 10.3. The number of benzene rings is 1. The third-order valence-corrected chi connectivity index (χ3v) is 1.89. The maximum atomic E-state index is 10.3. The molecule has 1 aromatic rings. The number of rotatable bonds is 4. The van der Waals surface area contributed by atoms with E-state index < -0.39 is 22.9 Å². The van der Waals surface area contributed by atoms with Crippen LogP contribution in [0.25, 0.3) is 0 Å². The van der Waals surface area contributed by atoms with Crippen molar-refractivity contribution >= 4 is 5.69 Å². The number of nitro groups is 2. The Morgan fingerprint density at radius 2 is 1.47 bits per heavy atom. The van der Waals surface area contributed by atoms with Crippen LogP contribution in [0.2, 0.25) is 0 Å². The molecule has 7 heteroatoms. The fraction of sp³-hybridized carbons (Fsp3) is 0.250. The van der Waals surface area contributed by atoms with Crippen LogP contribution in [0.4, 0.5) is 5.69 Å². The second-order valence-electron chi connectivity index (χ2n) is 2.97. The number of nitrogen functional groups attached to an aromatic ring is 1. The first-order valence-electron chi connectivity index (χ1n) is 4.10. The zero-order valence-corrected chi connectivity index (χ0v) is 7.75. The fourth-order valence-electron chi connectivity index (χ4n) is 1.22. The van der Waals surface area contributed by atoms with Crippen LogP contribution in [0, 0.1) is 20.2 Å². The van der Waals surface area contributed by atoms with Gasteiger partial charge in [0.05, 0.1) is 5.69 Å². The Bertz CT molecular complexity index is 371. The summed E-state index contributed by atoms with van der Waals surface area (Å²) in [6.45, 7) is -0.839.